The Labute approximate surface area is 151 Å². The average molecular weight is 375 g/mol. The van der Waals surface area contributed by atoms with E-state index in [-0.39, 0.29) is 37.2 Å². The first-order valence-electron chi connectivity index (χ1n) is 7.97. The molecule has 0 amide bonds. The fourth-order valence-electron chi connectivity index (χ4n) is 2.29. The lowest BCUT2D eigenvalue weighted by molar-refractivity contribution is -0.154. The van der Waals surface area contributed by atoms with Gasteiger partial charge in [0.1, 0.15) is 25.9 Å². The van der Waals surface area contributed by atoms with Crippen LogP contribution in [0.5, 0.6) is 0 Å². The van der Waals surface area contributed by atoms with Crippen LogP contribution in [0, 0.1) is 11.8 Å². The highest BCUT2D eigenvalue weighted by molar-refractivity contribution is 6.18. The van der Waals surface area contributed by atoms with Gasteiger partial charge in [0.05, 0.1) is 11.8 Å². The third-order valence-electron chi connectivity index (χ3n) is 3.59. The van der Waals surface area contributed by atoms with Gasteiger partial charge in [-0.25, -0.2) is 9.59 Å². The zero-order chi connectivity index (χ0) is 18.8. The smallest absolute Gasteiger partial charge is 0.334 e. The Hall–Kier alpha value is -1.86. The maximum Gasteiger partial charge on any atom is 0.334 e. The molecule has 1 rings (SSSR count). The van der Waals surface area contributed by atoms with Crippen LogP contribution >= 0.6 is 11.6 Å². The summed E-state index contributed by atoms with van der Waals surface area (Å²) in [7, 11) is 0. The molecule has 8 heteroatoms. The molecule has 1 aliphatic carbocycles. The SMILES string of the molecule is C=CC(=O)OCCOC(=O)C1CCC(C)C=C1C(=O)OCC(O)CCl. The predicted octanol–water partition coefficient (Wildman–Crippen LogP) is 1.37. The van der Waals surface area contributed by atoms with E-state index < -0.39 is 29.9 Å². The van der Waals surface area contributed by atoms with Crippen molar-refractivity contribution in [2.45, 2.75) is 25.9 Å². The van der Waals surface area contributed by atoms with Gasteiger partial charge in [0, 0.05) is 11.6 Å². The second-order valence-electron chi connectivity index (χ2n) is 5.67. The predicted molar refractivity (Wildman–Crippen MR) is 89.8 cm³/mol. The molecule has 1 N–H and O–H groups in total. The van der Waals surface area contributed by atoms with Crippen LogP contribution < -0.4 is 0 Å². The highest BCUT2D eigenvalue weighted by Crippen LogP contribution is 2.30. The Morgan fingerprint density at radius 3 is 2.64 bits per heavy atom. The molecule has 1 aliphatic rings. The number of halogens is 1. The average Bonchev–Trinajstić information content (AvgIpc) is 2.62. The molecule has 140 valence electrons. The Balaban J connectivity index is 2.61. The zero-order valence-corrected chi connectivity index (χ0v) is 14.9. The van der Waals surface area contributed by atoms with Crippen molar-refractivity contribution in [1.29, 1.82) is 0 Å². The van der Waals surface area contributed by atoms with Gasteiger partial charge < -0.3 is 19.3 Å². The molecule has 0 spiro atoms. The van der Waals surface area contributed by atoms with Crippen LogP contribution in [0.3, 0.4) is 0 Å². The maximum atomic E-state index is 12.2. The monoisotopic (exact) mass is 374 g/mol. The molecule has 0 heterocycles. The summed E-state index contributed by atoms with van der Waals surface area (Å²) in [6.07, 6.45) is 2.91. The Kier molecular flexibility index (Phi) is 9.23. The lowest BCUT2D eigenvalue weighted by atomic mass is 9.83. The second kappa shape index (κ2) is 10.9. The van der Waals surface area contributed by atoms with Gasteiger partial charge in [-0.1, -0.05) is 19.6 Å². The van der Waals surface area contributed by atoms with Crippen molar-refractivity contribution in [3.63, 3.8) is 0 Å². The summed E-state index contributed by atoms with van der Waals surface area (Å²) < 4.78 is 14.8. The Morgan fingerprint density at radius 1 is 1.32 bits per heavy atom. The first-order valence-corrected chi connectivity index (χ1v) is 8.51. The standard InChI is InChI=1S/C17H23ClO7/c1-3-15(20)23-6-7-24-16(21)13-5-4-11(2)8-14(13)17(22)25-10-12(19)9-18/h3,8,11-13,19H,1,4-7,9-10H2,2H3. The van der Waals surface area contributed by atoms with E-state index in [1.807, 2.05) is 6.92 Å². The lowest BCUT2D eigenvalue weighted by Gasteiger charge is -2.25. The number of ether oxygens (including phenoxy) is 3. The largest absolute Gasteiger partial charge is 0.462 e. The van der Waals surface area contributed by atoms with Crippen molar-refractivity contribution in [1.82, 2.24) is 0 Å². The van der Waals surface area contributed by atoms with Crippen LogP contribution in [-0.4, -0.2) is 54.8 Å². The van der Waals surface area contributed by atoms with Crippen molar-refractivity contribution in [3.05, 3.63) is 24.3 Å². The van der Waals surface area contributed by atoms with E-state index in [0.717, 1.165) is 12.5 Å². The molecular weight excluding hydrogens is 352 g/mol. The van der Waals surface area contributed by atoms with Gasteiger partial charge in [-0.15, -0.1) is 11.6 Å². The van der Waals surface area contributed by atoms with Gasteiger partial charge in [0.25, 0.3) is 0 Å². The second-order valence-corrected chi connectivity index (χ2v) is 5.98. The van der Waals surface area contributed by atoms with Crippen LogP contribution in [0.4, 0.5) is 0 Å². The molecule has 0 aromatic carbocycles. The van der Waals surface area contributed by atoms with Crippen molar-refractivity contribution >= 4 is 29.5 Å². The number of carbonyl (C=O) groups is 3. The first kappa shape index (κ1) is 21.2. The highest BCUT2D eigenvalue weighted by atomic mass is 35.5. The highest BCUT2D eigenvalue weighted by Gasteiger charge is 2.33. The molecule has 0 fully saturated rings. The number of rotatable bonds is 9. The summed E-state index contributed by atoms with van der Waals surface area (Å²) in [6, 6.07) is 0. The molecule has 7 nitrogen and oxygen atoms in total. The van der Waals surface area contributed by atoms with E-state index in [1.54, 1.807) is 6.08 Å². The Morgan fingerprint density at radius 2 is 2.00 bits per heavy atom. The van der Waals surface area contributed by atoms with E-state index in [0.29, 0.717) is 6.42 Å². The van der Waals surface area contributed by atoms with E-state index in [9.17, 15) is 19.5 Å². The molecule has 0 aromatic rings. The fraction of sp³-hybridized carbons (Fsp3) is 0.588. The van der Waals surface area contributed by atoms with E-state index in [1.165, 1.54) is 0 Å². The summed E-state index contributed by atoms with van der Waals surface area (Å²) in [5.41, 5.74) is 0.216. The molecular formula is C17H23ClO7. The quantitative estimate of drug-likeness (QED) is 0.214. The number of allylic oxidation sites excluding steroid dienone is 1. The van der Waals surface area contributed by atoms with Gasteiger partial charge in [0.15, 0.2) is 0 Å². The van der Waals surface area contributed by atoms with Crippen LogP contribution in [0.15, 0.2) is 24.3 Å². The van der Waals surface area contributed by atoms with Gasteiger partial charge in [-0.05, 0) is 18.8 Å². The molecule has 0 radical (unpaired) electrons. The Bertz CT molecular complexity index is 529. The van der Waals surface area contributed by atoms with Gasteiger partial charge in [0.2, 0.25) is 0 Å². The van der Waals surface area contributed by atoms with Crippen molar-refractivity contribution in [2.24, 2.45) is 11.8 Å². The zero-order valence-electron chi connectivity index (χ0n) is 14.1. The van der Waals surface area contributed by atoms with E-state index >= 15 is 0 Å². The molecule has 0 saturated heterocycles. The molecule has 3 unspecified atom stereocenters. The summed E-state index contributed by atoms with van der Waals surface area (Å²) in [6.45, 7) is 4.73. The topological polar surface area (TPSA) is 99.1 Å². The van der Waals surface area contributed by atoms with E-state index in [4.69, 9.17) is 25.8 Å². The number of hydrogen-bond donors (Lipinski definition) is 1. The minimum absolute atomic E-state index is 0.0579. The maximum absolute atomic E-state index is 12.2. The van der Waals surface area contributed by atoms with Crippen molar-refractivity contribution in [2.75, 3.05) is 25.7 Å². The van der Waals surface area contributed by atoms with Gasteiger partial charge >= 0.3 is 17.9 Å². The van der Waals surface area contributed by atoms with Crippen LogP contribution in [0.1, 0.15) is 19.8 Å². The molecule has 0 bridgehead atoms. The number of carbonyl (C=O) groups excluding carboxylic acids is 3. The molecule has 0 saturated carbocycles. The number of aliphatic hydroxyl groups excluding tert-OH is 1. The molecule has 0 aliphatic heterocycles. The number of aliphatic hydroxyl groups is 1. The lowest BCUT2D eigenvalue weighted by Crippen LogP contribution is -2.31. The van der Waals surface area contributed by atoms with Crippen LogP contribution in [0.25, 0.3) is 0 Å². The van der Waals surface area contributed by atoms with Crippen molar-refractivity contribution in [3.8, 4) is 0 Å². The minimum Gasteiger partial charge on any atom is -0.462 e. The molecule has 3 atom stereocenters. The molecule has 0 aromatic heterocycles. The summed E-state index contributed by atoms with van der Waals surface area (Å²) in [5, 5.41) is 9.37. The van der Waals surface area contributed by atoms with Crippen molar-refractivity contribution < 1.29 is 33.7 Å². The molecule has 25 heavy (non-hydrogen) atoms. The first-order chi connectivity index (χ1) is 11.9. The number of alkyl halides is 1. The summed E-state index contributed by atoms with van der Waals surface area (Å²) >= 11 is 5.46. The van der Waals surface area contributed by atoms with Crippen LogP contribution in [-0.2, 0) is 28.6 Å². The summed E-state index contributed by atoms with van der Waals surface area (Å²) in [4.78, 5) is 35.3. The number of esters is 3. The fourth-order valence-corrected chi connectivity index (χ4v) is 2.38. The van der Waals surface area contributed by atoms with E-state index in [2.05, 4.69) is 6.58 Å². The number of hydrogen-bond acceptors (Lipinski definition) is 7. The summed E-state index contributed by atoms with van der Waals surface area (Å²) in [5.74, 6) is -2.54. The third kappa shape index (κ3) is 7.27. The van der Waals surface area contributed by atoms with Gasteiger partial charge in [-0.3, -0.25) is 4.79 Å². The normalized spacial score (nSPS) is 20.8. The van der Waals surface area contributed by atoms with Crippen LogP contribution in [0.2, 0.25) is 0 Å². The third-order valence-corrected chi connectivity index (χ3v) is 3.95. The minimum atomic E-state index is -0.961. The van der Waals surface area contributed by atoms with Gasteiger partial charge in [-0.2, -0.15) is 0 Å².